The molecule has 84 valence electrons. The summed E-state index contributed by atoms with van der Waals surface area (Å²) in [7, 11) is -0.294. The molecule has 1 aliphatic heterocycles. The highest BCUT2D eigenvalue weighted by molar-refractivity contribution is 7.22. The minimum Gasteiger partial charge on any atom is -0.399 e. The quantitative estimate of drug-likeness (QED) is 0.546. The Morgan fingerprint density at radius 3 is 2.19 bits per heavy atom. The third-order valence-electron chi connectivity index (χ3n) is 3.25. The molecule has 0 bridgehead atoms. The van der Waals surface area contributed by atoms with Crippen molar-refractivity contribution in [1.82, 2.24) is 0 Å². The van der Waals surface area contributed by atoms with Gasteiger partial charge in [-0.15, -0.1) is 17.8 Å². The van der Waals surface area contributed by atoms with Gasteiger partial charge in [0.15, 0.2) is 0 Å². The predicted molar refractivity (Wildman–Crippen MR) is 68.0 cm³/mol. The number of terminal acetylenes is 1. The van der Waals surface area contributed by atoms with Crippen LogP contribution in [0, 0.1) is 12.3 Å². The number of thiophene rings is 1. The van der Waals surface area contributed by atoms with Crippen LogP contribution in [0.4, 0.5) is 0 Å². The highest BCUT2D eigenvalue weighted by Gasteiger charge is 2.52. The van der Waals surface area contributed by atoms with Gasteiger partial charge < -0.3 is 9.31 Å². The largest absolute Gasteiger partial charge is 0.505 e. The zero-order valence-electron chi connectivity index (χ0n) is 10.0. The molecule has 0 N–H and O–H groups in total. The molecule has 2 nitrogen and oxygen atoms in total. The Morgan fingerprint density at radius 2 is 1.75 bits per heavy atom. The third-order valence-corrected chi connectivity index (χ3v) is 4.29. The van der Waals surface area contributed by atoms with Crippen molar-refractivity contribution >= 4 is 23.2 Å². The molecule has 1 fully saturated rings. The Kier molecular flexibility index (Phi) is 2.66. The molecule has 1 aromatic rings. The van der Waals surface area contributed by atoms with E-state index >= 15 is 0 Å². The van der Waals surface area contributed by atoms with E-state index in [4.69, 9.17) is 15.7 Å². The first-order valence-corrected chi connectivity index (χ1v) is 6.09. The summed E-state index contributed by atoms with van der Waals surface area (Å²) >= 11 is 1.55. The van der Waals surface area contributed by atoms with Gasteiger partial charge in [-0.25, -0.2) is 0 Å². The summed E-state index contributed by atoms with van der Waals surface area (Å²) in [6, 6.07) is 3.90. The van der Waals surface area contributed by atoms with E-state index in [1.165, 1.54) is 0 Å². The molecule has 0 atom stereocenters. The first-order chi connectivity index (χ1) is 7.36. The smallest absolute Gasteiger partial charge is 0.399 e. The van der Waals surface area contributed by atoms with Crippen LogP contribution in [0.5, 0.6) is 0 Å². The lowest BCUT2D eigenvalue weighted by molar-refractivity contribution is 0.00578. The minimum absolute atomic E-state index is 0.294. The molecule has 0 aromatic carbocycles. The molecular weight excluding hydrogens is 219 g/mol. The van der Waals surface area contributed by atoms with Crippen LogP contribution in [0.15, 0.2) is 12.1 Å². The van der Waals surface area contributed by atoms with Crippen LogP contribution < -0.4 is 4.78 Å². The van der Waals surface area contributed by atoms with Gasteiger partial charge in [0.25, 0.3) is 0 Å². The summed E-state index contributed by atoms with van der Waals surface area (Å²) in [6.45, 7) is 8.18. The van der Waals surface area contributed by atoms with Gasteiger partial charge >= 0.3 is 7.12 Å². The van der Waals surface area contributed by atoms with Gasteiger partial charge in [0.1, 0.15) is 0 Å². The van der Waals surface area contributed by atoms with Crippen LogP contribution >= 0.6 is 11.3 Å². The Labute approximate surface area is 101 Å². The molecule has 16 heavy (non-hydrogen) atoms. The fraction of sp³-hybridized carbons (Fsp3) is 0.500. The molecule has 0 unspecified atom stereocenters. The maximum atomic E-state index is 5.93. The van der Waals surface area contributed by atoms with Crippen molar-refractivity contribution < 1.29 is 9.31 Å². The van der Waals surface area contributed by atoms with Gasteiger partial charge in [0.2, 0.25) is 0 Å². The second kappa shape index (κ2) is 3.63. The number of hydrogen-bond acceptors (Lipinski definition) is 3. The van der Waals surface area contributed by atoms with E-state index in [0.717, 1.165) is 9.65 Å². The SMILES string of the molecule is C#Cc1ccc(B2OC(C)(C)C(C)(C)O2)s1. The molecule has 0 saturated carbocycles. The summed E-state index contributed by atoms with van der Waals surface area (Å²) < 4.78 is 12.9. The van der Waals surface area contributed by atoms with E-state index < -0.39 is 0 Å². The molecule has 0 aliphatic carbocycles. The lowest BCUT2D eigenvalue weighted by Crippen LogP contribution is -2.41. The molecule has 0 radical (unpaired) electrons. The van der Waals surface area contributed by atoms with Crippen molar-refractivity contribution in [3.8, 4) is 12.3 Å². The van der Waals surface area contributed by atoms with Gasteiger partial charge in [0.05, 0.1) is 16.1 Å². The summed E-state index contributed by atoms with van der Waals surface area (Å²) in [6.07, 6.45) is 5.35. The Balaban J connectivity index is 2.24. The molecule has 0 amide bonds. The third kappa shape index (κ3) is 1.80. The summed E-state index contributed by atoms with van der Waals surface area (Å²) in [5.74, 6) is 2.62. The van der Waals surface area contributed by atoms with Crippen LogP contribution in [0.2, 0.25) is 0 Å². The van der Waals surface area contributed by atoms with Crippen LogP contribution in [0.3, 0.4) is 0 Å². The monoisotopic (exact) mass is 234 g/mol. The van der Waals surface area contributed by atoms with E-state index in [0.29, 0.717) is 0 Å². The van der Waals surface area contributed by atoms with Crippen LogP contribution in [0.1, 0.15) is 32.6 Å². The van der Waals surface area contributed by atoms with Crippen molar-refractivity contribution in [2.24, 2.45) is 0 Å². The summed E-state index contributed by atoms with van der Waals surface area (Å²) in [4.78, 5) is 0.907. The standard InChI is InChI=1S/C12H15BO2S/c1-6-9-7-8-10(16-9)13-14-11(2,3)12(4,5)15-13/h1,7-8H,2-5H3. The van der Waals surface area contributed by atoms with Crippen LogP contribution in [-0.4, -0.2) is 18.3 Å². The maximum absolute atomic E-state index is 5.93. The van der Waals surface area contributed by atoms with E-state index in [-0.39, 0.29) is 18.3 Å². The second-order valence-corrected chi connectivity index (χ2v) is 6.05. The van der Waals surface area contributed by atoms with E-state index in [9.17, 15) is 0 Å². The molecule has 1 aromatic heterocycles. The van der Waals surface area contributed by atoms with Gasteiger partial charge in [0, 0.05) is 4.78 Å². The molecule has 4 heteroatoms. The summed E-state index contributed by atoms with van der Waals surface area (Å²) in [5.41, 5.74) is -0.587. The first-order valence-electron chi connectivity index (χ1n) is 5.28. The lowest BCUT2D eigenvalue weighted by Gasteiger charge is -2.32. The molecule has 0 spiro atoms. The average molecular weight is 234 g/mol. The van der Waals surface area contributed by atoms with Gasteiger partial charge in [-0.05, 0) is 33.8 Å². The molecule has 1 aliphatic rings. The Hall–Kier alpha value is -0.755. The van der Waals surface area contributed by atoms with Crippen LogP contribution in [-0.2, 0) is 9.31 Å². The van der Waals surface area contributed by atoms with Gasteiger partial charge in [-0.2, -0.15) is 0 Å². The van der Waals surface area contributed by atoms with Crippen molar-refractivity contribution in [3.63, 3.8) is 0 Å². The van der Waals surface area contributed by atoms with Crippen molar-refractivity contribution in [2.75, 3.05) is 0 Å². The predicted octanol–water partition coefficient (Wildman–Crippen LogP) is 2.03. The van der Waals surface area contributed by atoms with E-state index in [2.05, 4.69) is 5.92 Å². The number of rotatable bonds is 1. The summed E-state index contributed by atoms with van der Waals surface area (Å²) in [5, 5.41) is 0. The fourth-order valence-electron chi connectivity index (χ4n) is 1.52. The zero-order chi connectivity index (χ0) is 12.0. The maximum Gasteiger partial charge on any atom is 0.505 e. The average Bonchev–Trinajstić information content (AvgIpc) is 2.70. The second-order valence-electron chi connectivity index (χ2n) is 4.93. The molecule has 2 rings (SSSR count). The number of hydrogen-bond donors (Lipinski definition) is 0. The van der Waals surface area contributed by atoms with Crippen molar-refractivity contribution in [1.29, 1.82) is 0 Å². The highest BCUT2D eigenvalue weighted by atomic mass is 32.1. The highest BCUT2D eigenvalue weighted by Crippen LogP contribution is 2.36. The minimum atomic E-state index is -0.294. The van der Waals surface area contributed by atoms with E-state index in [1.807, 2.05) is 39.8 Å². The van der Waals surface area contributed by atoms with Gasteiger partial charge in [-0.3, -0.25) is 0 Å². The molecule has 2 heterocycles. The van der Waals surface area contributed by atoms with Gasteiger partial charge in [-0.1, -0.05) is 12.0 Å². The fourth-order valence-corrected chi connectivity index (χ4v) is 2.29. The van der Waals surface area contributed by atoms with Crippen molar-refractivity contribution in [2.45, 2.75) is 38.9 Å². The van der Waals surface area contributed by atoms with Crippen LogP contribution in [0.25, 0.3) is 0 Å². The topological polar surface area (TPSA) is 18.5 Å². The van der Waals surface area contributed by atoms with E-state index in [1.54, 1.807) is 11.3 Å². The lowest BCUT2D eigenvalue weighted by atomic mass is 9.88. The molecular formula is C12H15BO2S. The first kappa shape index (κ1) is 11.7. The molecule has 1 saturated heterocycles. The normalized spacial score (nSPS) is 22.1. The van der Waals surface area contributed by atoms with Crippen molar-refractivity contribution in [3.05, 3.63) is 17.0 Å². The zero-order valence-corrected chi connectivity index (χ0v) is 10.9. The Bertz CT molecular complexity index is 426. The Morgan fingerprint density at radius 1 is 1.19 bits per heavy atom.